The fourth-order valence-electron chi connectivity index (χ4n) is 1.71. The van der Waals surface area contributed by atoms with Crippen LogP contribution in [0.3, 0.4) is 0 Å². The molecule has 0 aliphatic heterocycles. The van der Waals surface area contributed by atoms with Gasteiger partial charge in [0.25, 0.3) is 0 Å². The van der Waals surface area contributed by atoms with Gasteiger partial charge in [-0.05, 0) is 49.7 Å². The van der Waals surface area contributed by atoms with Gasteiger partial charge < -0.3 is 4.74 Å². The van der Waals surface area contributed by atoms with Crippen LogP contribution in [0.15, 0.2) is 40.9 Å². The number of hydrogen-bond donors (Lipinski definition) is 0. The molecule has 0 amide bonds. The van der Waals surface area contributed by atoms with Crippen molar-refractivity contribution in [2.45, 2.75) is 26.4 Å². The molecule has 0 heterocycles. The summed E-state index contributed by atoms with van der Waals surface area (Å²) in [5.41, 5.74) is 0.110. The van der Waals surface area contributed by atoms with Crippen LogP contribution in [0.25, 0.3) is 10.8 Å². The monoisotopic (exact) mass is 306 g/mol. The molecule has 2 rings (SSSR count). The third-order valence-corrected chi connectivity index (χ3v) is 3.15. The highest BCUT2D eigenvalue weighted by Crippen LogP contribution is 2.25. The van der Waals surface area contributed by atoms with Gasteiger partial charge in [0.15, 0.2) is 0 Å². The third-order valence-electron chi connectivity index (χ3n) is 2.46. The molecule has 0 saturated heterocycles. The van der Waals surface area contributed by atoms with Crippen LogP contribution in [-0.2, 0) is 4.74 Å². The second-order valence-corrected chi connectivity index (χ2v) is 6.03. The zero-order chi connectivity index (χ0) is 13.3. The molecule has 0 atom stereocenters. The van der Waals surface area contributed by atoms with Crippen molar-refractivity contribution in [1.29, 1.82) is 0 Å². The first-order valence-electron chi connectivity index (χ1n) is 5.78. The number of carbonyl (C=O) groups excluding carboxylic acids is 1. The molecule has 0 N–H and O–H groups in total. The highest BCUT2D eigenvalue weighted by molar-refractivity contribution is 9.10. The highest BCUT2D eigenvalue weighted by atomic mass is 79.9. The van der Waals surface area contributed by atoms with E-state index in [1.54, 1.807) is 6.07 Å². The molecule has 2 nitrogen and oxygen atoms in total. The highest BCUT2D eigenvalue weighted by Gasteiger charge is 2.18. The molecular weight excluding hydrogens is 292 g/mol. The lowest BCUT2D eigenvalue weighted by Gasteiger charge is -2.19. The lowest BCUT2D eigenvalue weighted by atomic mass is 10.1. The Hall–Kier alpha value is -1.35. The van der Waals surface area contributed by atoms with E-state index in [2.05, 4.69) is 15.9 Å². The number of rotatable bonds is 1. The summed E-state index contributed by atoms with van der Waals surface area (Å²) in [5.74, 6) is -0.288. The molecule has 2 aromatic rings. The van der Waals surface area contributed by atoms with Gasteiger partial charge in [-0.15, -0.1) is 0 Å². The van der Waals surface area contributed by atoms with Crippen LogP contribution >= 0.6 is 15.9 Å². The van der Waals surface area contributed by atoms with E-state index in [9.17, 15) is 4.79 Å². The molecule has 0 fully saturated rings. The molecule has 2 aromatic carbocycles. The van der Waals surface area contributed by atoms with E-state index in [1.165, 1.54) is 0 Å². The van der Waals surface area contributed by atoms with Gasteiger partial charge in [0.1, 0.15) is 5.60 Å². The average molecular weight is 307 g/mol. The quantitative estimate of drug-likeness (QED) is 0.722. The van der Waals surface area contributed by atoms with Crippen LogP contribution in [0.5, 0.6) is 0 Å². The van der Waals surface area contributed by atoms with Crippen LogP contribution in [0.2, 0.25) is 0 Å². The number of esters is 1. The Labute approximate surface area is 115 Å². The Bertz CT molecular complexity index is 597. The van der Waals surface area contributed by atoms with Crippen LogP contribution < -0.4 is 0 Å². The predicted molar refractivity (Wildman–Crippen MR) is 76.8 cm³/mol. The third kappa shape index (κ3) is 2.91. The van der Waals surface area contributed by atoms with E-state index in [4.69, 9.17) is 4.74 Å². The van der Waals surface area contributed by atoms with E-state index in [-0.39, 0.29) is 5.97 Å². The van der Waals surface area contributed by atoms with Crippen molar-refractivity contribution in [3.8, 4) is 0 Å². The number of benzene rings is 2. The van der Waals surface area contributed by atoms with E-state index in [0.29, 0.717) is 5.56 Å². The van der Waals surface area contributed by atoms with Gasteiger partial charge in [-0.1, -0.05) is 34.1 Å². The van der Waals surface area contributed by atoms with Gasteiger partial charge in [-0.25, -0.2) is 4.79 Å². The van der Waals surface area contributed by atoms with Crippen molar-refractivity contribution in [2.75, 3.05) is 0 Å². The van der Waals surface area contributed by atoms with Crippen LogP contribution in [-0.4, -0.2) is 11.6 Å². The molecule has 94 valence electrons. The van der Waals surface area contributed by atoms with Crippen LogP contribution in [0.4, 0.5) is 0 Å². The van der Waals surface area contributed by atoms with Crippen LogP contribution in [0, 0.1) is 0 Å². The van der Waals surface area contributed by atoms with Crippen molar-refractivity contribution >= 4 is 32.7 Å². The zero-order valence-corrected chi connectivity index (χ0v) is 12.2. The van der Waals surface area contributed by atoms with E-state index >= 15 is 0 Å². The molecule has 0 bridgehead atoms. The fourth-order valence-corrected chi connectivity index (χ4v) is 2.22. The minimum atomic E-state index is -0.469. The number of hydrogen-bond acceptors (Lipinski definition) is 2. The van der Waals surface area contributed by atoms with Gasteiger partial charge >= 0.3 is 5.97 Å². The van der Waals surface area contributed by atoms with E-state index in [1.807, 2.05) is 51.1 Å². The minimum absolute atomic E-state index is 0.288. The normalized spacial score (nSPS) is 11.6. The first-order chi connectivity index (χ1) is 8.37. The number of fused-ring (bicyclic) bond motifs is 1. The summed E-state index contributed by atoms with van der Waals surface area (Å²) >= 11 is 3.49. The first-order valence-corrected chi connectivity index (χ1v) is 6.58. The standard InChI is InChI=1S/C15H15BrO2/c1-15(2,3)18-14(17)11-7-8-12-10(9-11)5-4-6-13(12)16/h4-9H,1-3H3. The molecule has 0 aliphatic carbocycles. The molecule has 0 radical (unpaired) electrons. The summed E-state index contributed by atoms with van der Waals surface area (Å²) in [6.07, 6.45) is 0. The van der Waals surface area contributed by atoms with Gasteiger partial charge in [-0.3, -0.25) is 0 Å². The van der Waals surface area contributed by atoms with Gasteiger partial charge in [0, 0.05) is 4.47 Å². The molecule has 0 aromatic heterocycles. The molecule has 3 heteroatoms. The Morgan fingerprint density at radius 2 is 1.89 bits per heavy atom. The SMILES string of the molecule is CC(C)(C)OC(=O)c1ccc2c(Br)cccc2c1. The minimum Gasteiger partial charge on any atom is -0.456 e. The van der Waals surface area contributed by atoms with Crippen molar-refractivity contribution in [3.05, 3.63) is 46.4 Å². The summed E-state index contributed by atoms with van der Waals surface area (Å²) in [4.78, 5) is 12.0. The molecule has 0 saturated carbocycles. The Kier molecular flexibility index (Phi) is 3.44. The number of halogens is 1. The second kappa shape index (κ2) is 4.73. The molecule has 0 spiro atoms. The predicted octanol–water partition coefficient (Wildman–Crippen LogP) is 4.56. The maximum absolute atomic E-state index is 12.0. The summed E-state index contributed by atoms with van der Waals surface area (Å²) in [6.45, 7) is 5.59. The van der Waals surface area contributed by atoms with Crippen molar-refractivity contribution < 1.29 is 9.53 Å². The Morgan fingerprint density at radius 1 is 1.17 bits per heavy atom. The maximum atomic E-state index is 12.0. The lowest BCUT2D eigenvalue weighted by Crippen LogP contribution is -2.23. The molecular formula is C15H15BrO2. The molecule has 0 unspecified atom stereocenters. The fraction of sp³-hybridized carbons (Fsp3) is 0.267. The first kappa shape index (κ1) is 13.1. The number of ether oxygens (including phenoxy) is 1. The van der Waals surface area contributed by atoms with Gasteiger partial charge in [-0.2, -0.15) is 0 Å². The largest absolute Gasteiger partial charge is 0.456 e. The summed E-state index contributed by atoms with van der Waals surface area (Å²) in [5, 5.41) is 2.11. The summed E-state index contributed by atoms with van der Waals surface area (Å²) in [6, 6.07) is 11.5. The zero-order valence-electron chi connectivity index (χ0n) is 10.7. The summed E-state index contributed by atoms with van der Waals surface area (Å²) in [7, 11) is 0. The van der Waals surface area contributed by atoms with Crippen molar-refractivity contribution in [1.82, 2.24) is 0 Å². The molecule has 18 heavy (non-hydrogen) atoms. The van der Waals surface area contributed by atoms with Crippen molar-refractivity contribution in [3.63, 3.8) is 0 Å². The Morgan fingerprint density at radius 3 is 2.56 bits per heavy atom. The average Bonchev–Trinajstić information content (AvgIpc) is 2.26. The van der Waals surface area contributed by atoms with E-state index < -0.39 is 5.60 Å². The summed E-state index contributed by atoms with van der Waals surface area (Å²) < 4.78 is 6.38. The van der Waals surface area contributed by atoms with Gasteiger partial charge in [0.05, 0.1) is 5.56 Å². The van der Waals surface area contributed by atoms with E-state index in [0.717, 1.165) is 15.2 Å². The molecule has 0 aliphatic rings. The smallest absolute Gasteiger partial charge is 0.338 e. The van der Waals surface area contributed by atoms with Gasteiger partial charge in [0.2, 0.25) is 0 Å². The van der Waals surface area contributed by atoms with Crippen molar-refractivity contribution in [2.24, 2.45) is 0 Å². The van der Waals surface area contributed by atoms with Crippen LogP contribution in [0.1, 0.15) is 31.1 Å². The maximum Gasteiger partial charge on any atom is 0.338 e. The topological polar surface area (TPSA) is 26.3 Å². The second-order valence-electron chi connectivity index (χ2n) is 5.18. The lowest BCUT2D eigenvalue weighted by molar-refractivity contribution is 0.00697. The number of carbonyl (C=O) groups is 1. The Balaban J connectivity index is 2.39.